The fourth-order valence-corrected chi connectivity index (χ4v) is 1.23. The van der Waals surface area contributed by atoms with E-state index in [2.05, 4.69) is 10.6 Å². The quantitative estimate of drug-likeness (QED) is 0.455. The molecule has 0 bridgehead atoms. The van der Waals surface area contributed by atoms with Crippen molar-refractivity contribution in [1.29, 1.82) is 0 Å². The number of amides is 2. The molecule has 1 fully saturated rings. The Labute approximate surface area is 89.6 Å². The van der Waals surface area contributed by atoms with E-state index in [-0.39, 0.29) is 6.03 Å². The molecule has 14 heavy (non-hydrogen) atoms. The van der Waals surface area contributed by atoms with Gasteiger partial charge in [0.1, 0.15) is 0 Å². The van der Waals surface area contributed by atoms with E-state index in [1.54, 1.807) is 0 Å². The minimum absolute atomic E-state index is 0.0529. The summed E-state index contributed by atoms with van der Waals surface area (Å²) in [6, 6.07) is 0.370. The van der Waals surface area contributed by atoms with Gasteiger partial charge in [0.2, 0.25) is 0 Å². The highest BCUT2D eigenvalue weighted by Crippen LogP contribution is 2.18. The molecule has 0 aromatic heterocycles. The predicted octanol–water partition coefficient (Wildman–Crippen LogP) is 0.904. The van der Waals surface area contributed by atoms with Crippen LogP contribution in [0.25, 0.3) is 0 Å². The van der Waals surface area contributed by atoms with Gasteiger partial charge in [-0.25, -0.2) is 4.79 Å². The van der Waals surface area contributed by atoms with E-state index < -0.39 is 0 Å². The number of carbonyl (C=O) groups excluding carboxylic acids is 1. The van der Waals surface area contributed by atoms with Crippen LogP contribution in [-0.2, 0) is 0 Å². The molecule has 1 saturated carbocycles. The average Bonchev–Trinajstić information content (AvgIpc) is 2.87. The fourth-order valence-electron chi connectivity index (χ4n) is 1.09. The molecule has 0 unspecified atom stereocenters. The van der Waals surface area contributed by atoms with E-state index in [0.717, 1.165) is 32.1 Å². The predicted molar refractivity (Wildman–Crippen MR) is 60.2 cm³/mol. The lowest BCUT2D eigenvalue weighted by atomic mass is 10.2. The first-order valence-electron chi connectivity index (χ1n) is 5.01. The summed E-state index contributed by atoms with van der Waals surface area (Å²) in [6.07, 6.45) is 4.87. The molecule has 80 valence electrons. The SMILES string of the molecule is NC(=S)CCCCNC(=O)NC1CC1. The molecule has 5 heteroatoms. The van der Waals surface area contributed by atoms with Crippen LogP contribution in [0.1, 0.15) is 32.1 Å². The van der Waals surface area contributed by atoms with Crippen LogP contribution in [0.2, 0.25) is 0 Å². The number of rotatable bonds is 6. The third-order valence-corrected chi connectivity index (χ3v) is 2.25. The maximum absolute atomic E-state index is 11.1. The van der Waals surface area contributed by atoms with E-state index in [1.165, 1.54) is 0 Å². The summed E-state index contributed by atoms with van der Waals surface area (Å²) in [6.45, 7) is 0.696. The maximum Gasteiger partial charge on any atom is 0.315 e. The smallest absolute Gasteiger partial charge is 0.315 e. The Kier molecular flexibility index (Phi) is 4.65. The van der Waals surface area contributed by atoms with Crippen LogP contribution < -0.4 is 16.4 Å². The van der Waals surface area contributed by atoms with Crippen molar-refractivity contribution in [3.05, 3.63) is 0 Å². The molecule has 2 amide bonds. The Bertz CT molecular complexity index is 216. The molecule has 0 spiro atoms. The molecule has 0 radical (unpaired) electrons. The first-order chi connectivity index (χ1) is 6.68. The highest BCUT2D eigenvalue weighted by atomic mass is 32.1. The zero-order chi connectivity index (χ0) is 10.4. The van der Waals surface area contributed by atoms with Gasteiger partial charge in [0, 0.05) is 12.6 Å². The summed E-state index contributed by atoms with van der Waals surface area (Å²) in [5, 5.41) is 5.65. The molecule has 0 aliphatic heterocycles. The first kappa shape index (κ1) is 11.2. The summed E-state index contributed by atoms with van der Waals surface area (Å²) in [7, 11) is 0. The summed E-state index contributed by atoms with van der Waals surface area (Å²) in [5.41, 5.74) is 5.34. The third kappa shape index (κ3) is 5.75. The van der Waals surface area contributed by atoms with Crippen LogP contribution in [0.3, 0.4) is 0 Å². The molecule has 0 aromatic rings. The van der Waals surface area contributed by atoms with Crippen molar-refractivity contribution in [2.24, 2.45) is 5.73 Å². The second-order valence-corrected chi connectivity index (χ2v) is 4.12. The lowest BCUT2D eigenvalue weighted by molar-refractivity contribution is 0.240. The normalized spacial score (nSPS) is 14.9. The lowest BCUT2D eigenvalue weighted by Gasteiger charge is -2.05. The van der Waals surface area contributed by atoms with Gasteiger partial charge in [-0.15, -0.1) is 0 Å². The molecular formula is C9H17N3OS. The monoisotopic (exact) mass is 215 g/mol. The van der Waals surface area contributed by atoms with Gasteiger partial charge in [-0.3, -0.25) is 0 Å². The van der Waals surface area contributed by atoms with Gasteiger partial charge < -0.3 is 16.4 Å². The Morgan fingerprint density at radius 1 is 1.43 bits per heavy atom. The Balaban J connectivity index is 1.87. The number of hydrogen-bond donors (Lipinski definition) is 3. The Hall–Kier alpha value is -0.840. The third-order valence-electron chi connectivity index (χ3n) is 2.05. The van der Waals surface area contributed by atoms with Crippen molar-refractivity contribution in [3.63, 3.8) is 0 Å². The van der Waals surface area contributed by atoms with Crippen LogP contribution in [0.15, 0.2) is 0 Å². The van der Waals surface area contributed by atoms with Gasteiger partial charge in [0.05, 0.1) is 4.99 Å². The Morgan fingerprint density at radius 2 is 2.14 bits per heavy atom. The summed E-state index contributed by atoms with van der Waals surface area (Å²) in [5.74, 6) is 0. The second kappa shape index (κ2) is 5.80. The average molecular weight is 215 g/mol. The van der Waals surface area contributed by atoms with Crippen molar-refractivity contribution < 1.29 is 4.79 Å². The van der Waals surface area contributed by atoms with E-state index in [1.807, 2.05) is 0 Å². The number of thiocarbonyl (C=S) groups is 1. The van der Waals surface area contributed by atoms with Gasteiger partial charge in [0.25, 0.3) is 0 Å². The van der Waals surface area contributed by atoms with Gasteiger partial charge in [-0.05, 0) is 32.1 Å². The number of nitrogens with two attached hydrogens (primary N) is 1. The summed E-state index contributed by atoms with van der Waals surface area (Å²) >= 11 is 4.74. The summed E-state index contributed by atoms with van der Waals surface area (Å²) in [4.78, 5) is 11.7. The van der Waals surface area contributed by atoms with Gasteiger partial charge in [-0.2, -0.15) is 0 Å². The van der Waals surface area contributed by atoms with Crippen LogP contribution >= 0.6 is 12.2 Å². The second-order valence-electron chi connectivity index (χ2n) is 3.60. The van der Waals surface area contributed by atoms with Crippen molar-refractivity contribution in [2.75, 3.05) is 6.54 Å². The number of carbonyl (C=O) groups is 1. The molecule has 0 saturated heterocycles. The van der Waals surface area contributed by atoms with E-state index in [9.17, 15) is 4.79 Å². The van der Waals surface area contributed by atoms with Crippen LogP contribution in [0.4, 0.5) is 4.79 Å². The molecular weight excluding hydrogens is 198 g/mol. The van der Waals surface area contributed by atoms with Crippen molar-refractivity contribution in [3.8, 4) is 0 Å². The summed E-state index contributed by atoms with van der Waals surface area (Å²) < 4.78 is 0. The fraction of sp³-hybridized carbons (Fsp3) is 0.778. The van der Waals surface area contributed by atoms with Crippen molar-refractivity contribution >= 4 is 23.2 Å². The first-order valence-corrected chi connectivity index (χ1v) is 5.42. The van der Waals surface area contributed by atoms with Gasteiger partial charge >= 0.3 is 6.03 Å². The number of hydrogen-bond acceptors (Lipinski definition) is 2. The molecule has 1 aliphatic carbocycles. The van der Waals surface area contributed by atoms with E-state index in [0.29, 0.717) is 17.6 Å². The highest BCUT2D eigenvalue weighted by Gasteiger charge is 2.22. The number of urea groups is 1. The molecule has 4 nitrogen and oxygen atoms in total. The molecule has 0 atom stereocenters. The Morgan fingerprint density at radius 3 is 2.71 bits per heavy atom. The van der Waals surface area contributed by atoms with Crippen LogP contribution in [0.5, 0.6) is 0 Å². The molecule has 4 N–H and O–H groups in total. The largest absolute Gasteiger partial charge is 0.393 e. The maximum atomic E-state index is 11.1. The van der Waals surface area contributed by atoms with Crippen LogP contribution in [0, 0.1) is 0 Å². The number of nitrogens with one attached hydrogen (secondary N) is 2. The zero-order valence-electron chi connectivity index (χ0n) is 8.21. The van der Waals surface area contributed by atoms with E-state index >= 15 is 0 Å². The molecule has 0 aromatic carbocycles. The minimum atomic E-state index is -0.0529. The lowest BCUT2D eigenvalue weighted by Crippen LogP contribution is -2.37. The standard InChI is InChI=1S/C9H17N3OS/c10-8(14)3-1-2-6-11-9(13)12-7-4-5-7/h7H,1-6H2,(H2,10,14)(H2,11,12,13). The van der Waals surface area contributed by atoms with Crippen molar-refractivity contribution in [2.45, 2.75) is 38.1 Å². The molecule has 1 aliphatic rings. The van der Waals surface area contributed by atoms with Crippen molar-refractivity contribution in [1.82, 2.24) is 10.6 Å². The van der Waals surface area contributed by atoms with Crippen LogP contribution in [-0.4, -0.2) is 23.6 Å². The van der Waals surface area contributed by atoms with E-state index in [4.69, 9.17) is 18.0 Å². The topological polar surface area (TPSA) is 67.1 Å². The zero-order valence-corrected chi connectivity index (χ0v) is 9.03. The minimum Gasteiger partial charge on any atom is -0.393 e. The number of unbranched alkanes of at least 4 members (excludes halogenated alkanes) is 1. The molecule has 0 heterocycles. The van der Waals surface area contributed by atoms with Gasteiger partial charge in [-0.1, -0.05) is 12.2 Å². The highest BCUT2D eigenvalue weighted by molar-refractivity contribution is 7.80. The van der Waals surface area contributed by atoms with Gasteiger partial charge in [0.15, 0.2) is 0 Å². The molecule has 1 rings (SSSR count).